The largest absolute Gasteiger partial charge is 0.458 e. The summed E-state index contributed by atoms with van der Waals surface area (Å²) in [5, 5.41) is 4.64. The third-order valence-electron chi connectivity index (χ3n) is 4.19. The Hall–Kier alpha value is -2.04. The van der Waals surface area contributed by atoms with Crippen LogP contribution in [-0.4, -0.2) is 19.7 Å². The summed E-state index contributed by atoms with van der Waals surface area (Å²) in [5.41, 5.74) is 2.95. The van der Waals surface area contributed by atoms with Crippen molar-refractivity contribution in [1.29, 1.82) is 0 Å². The van der Waals surface area contributed by atoms with Crippen LogP contribution in [0.4, 0.5) is 0 Å². The van der Waals surface area contributed by atoms with E-state index < -0.39 is 0 Å². The van der Waals surface area contributed by atoms with Gasteiger partial charge in [0, 0.05) is 0 Å². The monoisotopic (exact) mass is 270 g/mol. The van der Waals surface area contributed by atoms with Crippen molar-refractivity contribution in [3.63, 3.8) is 0 Å². The summed E-state index contributed by atoms with van der Waals surface area (Å²) in [6.07, 6.45) is 2.60. The number of aryl methyl sites for hydroxylation is 2. The second kappa shape index (κ2) is 3.98. The van der Waals surface area contributed by atoms with E-state index in [0.29, 0.717) is 6.04 Å². The average molecular weight is 270 g/mol. The normalized spacial score (nSPS) is 16.9. The van der Waals surface area contributed by atoms with Gasteiger partial charge in [0.05, 0.1) is 11.7 Å². The third-order valence-corrected chi connectivity index (χ3v) is 4.19. The molecule has 104 valence electrons. The Morgan fingerprint density at radius 3 is 2.80 bits per heavy atom. The number of imidazole rings is 1. The standard InChI is InChI=1S/C15H18N4O/c1-8-4-7-12(20-8)14-16-13-9(2)18-19(15(13)17-14)10(3)11-5-6-11/h4,7,10-11H,5-6H2,1-3H3,(H,16,17)/t10-/m0/s1. The molecule has 5 heteroatoms. The number of furan rings is 1. The van der Waals surface area contributed by atoms with Crippen molar-refractivity contribution in [2.24, 2.45) is 5.92 Å². The van der Waals surface area contributed by atoms with Crippen molar-refractivity contribution in [2.45, 2.75) is 39.7 Å². The maximum Gasteiger partial charge on any atom is 0.177 e. The van der Waals surface area contributed by atoms with Crippen LogP contribution < -0.4 is 0 Å². The predicted octanol–water partition coefficient (Wildman–Crippen LogP) is 3.61. The van der Waals surface area contributed by atoms with Gasteiger partial charge >= 0.3 is 0 Å². The molecule has 1 fully saturated rings. The number of aromatic nitrogens is 4. The lowest BCUT2D eigenvalue weighted by Gasteiger charge is -2.10. The fourth-order valence-corrected chi connectivity index (χ4v) is 2.78. The number of aromatic amines is 1. The van der Waals surface area contributed by atoms with Crippen LogP contribution in [-0.2, 0) is 0 Å². The van der Waals surface area contributed by atoms with Gasteiger partial charge < -0.3 is 9.40 Å². The van der Waals surface area contributed by atoms with Crippen LogP contribution in [0.15, 0.2) is 16.5 Å². The number of H-pyrrole nitrogens is 1. The van der Waals surface area contributed by atoms with Crippen molar-refractivity contribution in [1.82, 2.24) is 19.7 Å². The lowest BCUT2D eigenvalue weighted by molar-refractivity contribution is 0.448. The second-order valence-electron chi connectivity index (χ2n) is 5.80. The molecule has 0 amide bonds. The molecule has 1 aliphatic rings. The highest BCUT2D eigenvalue weighted by atomic mass is 16.3. The van der Waals surface area contributed by atoms with E-state index in [9.17, 15) is 0 Å². The second-order valence-corrected chi connectivity index (χ2v) is 5.80. The fraction of sp³-hybridized carbons (Fsp3) is 0.467. The topological polar surface area (TPSA) is 59.6 Å². The molecule has 1 N–H and O–H groups in total. The van der Waals surface area contributed by atoms with Gasteiger partial charge in [-0.15, -0.1) is 0 Å². The molecule has 1 saturated carbocycles. The molecule has 0 spiro atoms. The van der Waals surface area contributed by atoms with Gasteiger partial charge in [0.25, 0.3) is 0 Å². The minimum absolute atomic E-state index is 0.417. The van der Waals surface area contributed by atoms with E-state index in [-0.39, 0.29) is 0 Å². The first-order valence-corrected chi connectivity index (χ1v) is 7.15. The van der Waals surface area contributed by atoms with Crippen molar-refractivity contribution in [3.05, 3.63) is 23.6 Å². The van der Waals surface area contributed by atoms with E-state index >= 15 is 0 Å². The summed E-state index contributed by atoms with van der Waals surface area (Å²) in [6, 6.07) is 4.32. The molecule has 1 atom stereocenters. The van der Waals surface area contributed by atoms with Crippen molar-refractivity contribution >= 4 is 11.2 Å². The minimum Gasteiger partial charge on any atom is -0.458 e. The molecule has 0 radical (unpaired) electrons. The lowest BCUT2D eigenvalue weighted by Crippen LogP contribution is -2.09. The first-order valence-electron chi connectivity index (χ1n) is 7.15. The van der Waals surface area contributed by atoms with Crippen LogP contribution in [0.2, 0.25) is 0 Å². The molecular weight excluding hydrogens is 252 g/mol. The van der Waals surface area contributed by atoms with Crippen LogP contribution in [0, 0.1) is 19.8 Å². The number of rotatable bonds is 3. The highest BCUT2D eigenvalue weighted by molar-refractivity contribution is 5.78. The molecule has 5 nitrogen and oxygen atoms in total. The van der Waals surface area contributed by atoms with Crippen LogP contribution in [0.3, 0.4) is 0 Å². The zero-order valence-corrected chi connectivity index (χ0v) is 12.0. The highest BCUT2D eigenvalue weighted by Gasteiger charge is 2.31. The average Bonchev–Trinajstić information content (AvgIpc) is 2.91. The van der Waals surface area contributed by atoms with E-state index in [1.807, 2.05) is 26.0 Å². The molecule has 3 aromatic rings. The van der Waals surface area contributed by atoms with E-state index in [1.54, 1.807) is 0 Å². The SMILES string of the molecule is Cc1ccc(-c2nc3c([nH]2)c(C)nn3[C@@H](C)C2CC2)o1. The summed E-state index contributed by atoms with van der Waals surface area (Å²) in [5.74, 6) is 3.21. The zero-order valence-electron chi connectivity index (χ0n) is 12.0. The maximum absolute atomic E-state index is 5.65. The quantitative estimate of drug-likeness (QED) is 0.791. The van der Waals surface area contributed by atoms with Gasteiger partial charge in [0.1, 0.15) is 11.3 Å². The first-order chi connectivity index (χ1) is 9.63. The molecule has 4 rings (SSSR count). The number of nitrogens with one attached hydrogen (secondary N) is 1. The maximum atomic E-state index is 5.65. The number of hydrogen-bond acceptors (Lipinski definition) is 3. The summed E-state index contributed by atoms with van der Waals surface area (Å²) >= 11 is 0. The van der Waals surface area contributed by atoms with Gasteiger partial charge in [-0.2, -0.15) is 5.10 Å². The molecule has 20 heavy (non-hydrogen) atoms. The highest BCUT2D eigenvalue weighted by Crippen LogP contribution is 2.40. The summed E-state index contributed by atoms with van der Waals surface area (Å²) < 4.78 is 7.71. The van der Waals surface area contributed by atoms with Gasteiger partial charge in [-0.25, -0.2) is 9.67 Å². The summed E-state index contributed by atoms with van der Waals surface area (Å²) in [4.78, 5) is 8.04. The molecular formula is C15H18N4O. The Morgan fingerprint density at radius 1 is 1.35 bits per heavy atom. The Labute approximate surface area is 117 Å². The molecule has 1 aliphatic carbocycles. The first kappa shape index (κ1) is 11.8. The van der Waals surface area contributed by atoms with Gasteiger partial charge in [-0.1, -0.05) is 0 Å². The predicted molar refractivity (Wildman–Crippen MR) is 76.5 cm³/mol. The zero-order chi connectivity index (χ0) is 13.9. The van der Waals surface area contributed by atoms with Crippen molar-refractivity contribution in [3.8, 4) is 11.6 Å². The fourth-order valence-electron chi connectivity index (χ4n) is 2.78. The van der Waals surface area contributed by atoms with E-state index in [0.717, 1.165) is 40.1 Å². The van der Waals surface area contributed by atoms with E-state index in [1.165, 1.54) is 12.8 Å². The Bertz CT molecular complexity index is 775. The molecule has 3 heterocycles. The Kier molecular flexibility index (Phi) is 2.34. The van der Waals surface area contributed by atoms with Crippen LogP contribution in [0.1, 0.15) is 37.3 Å². The molecule has 0 saturated heterocycles. The Balaban J connectivity index is 1.84. The van der Waals surface area contributed by atoms with Gasteiger partial charge in [0.15, 0.2) is 17.2 Å². The third kappa shape index (κ3) is 1.69. The summed E-state index contributed by atoms with van der Waals surface area (Å²) in [6.45, 7) is 6.19. The number of nitrogens with zero attached hydrogens (tertiary/aromatic N) is 3. The minimum atomic E-state index is 0.417. The van der Waals surface area contributed by atoms with Gasteiger partial charge in [0.2, 0.25) is 0 Å². The van der Waals surface area contributed by atoms with Gasteiger partial charge in [-0.05, 0) is 51.7 Å². The molecule has 0 unspecified atom stereocenters. The lowest BCUT2D eigenvalue weighted by atomic mass is 10.2. The molecule has 0 aromatic carbocycles. The van der Waals surface area contributed by atoms with Crippen LogP contribution in [0.5, 0.6) is 0 Å². The smallest absolute Gasteiger partial charge is 0.177 e. The van der Waals surface area contributed by atoms with E-state index in [2.05, 4.69) is 21.7 Å². The van der Waals surface area contributed by atoms with Gasteiger partial charge in [-0.3, -0.25) is 0 Å². The Morgan fingerprint density at radius 2 is 2.15 bits per heavy atom. The number of fused-ring (bicyclic) bond motifs is 1. The van der Waals surface area contributed by atoms with Crippen molar-refractivity contribution < 1.29 is 4.42 Å². The summed E-state index contributed by atoms with van der Waals surface area (Å²) in [7, 11) is 0. The van der Waals surface area contributed by atoms with E-state index in [4.69, 9.17) is 9.40 Å². The van der Waals surface area contributed by atoms with Crippen LogP contribution in [0.25, 0.3) is 22.7 Å². The molecule has 3 aromatic heterocycles. The molecule has 0 aliphatic heterocycles. The molecule has 0 bridgehead atoms. The van der Waals surface area contributed by atoms with Crippen molar-refractivity contribution in [2.75, 3.05) is 0 Å². The number of hydrogen-bond donors (Lipinski definition) is 1. The van der Waals surface area contributed by atoms with Crippen LogP contribution >= 0.6 is 0 Å².